The van der Waals surface area contributed by atoms with Gasteiger partial charge in [0.25, 0.3) is 5.91 Å². The molecule has 0 bridgehead atoms. The van der Waals surface area contributed by atoms with E-state index in [1.165, 1.54) is 6.07 Å². The highest BCUT2D eigenvalue weighted by molar-refractivity contribution is 6.25. The SMILES string of the molecule is O=CN(/C=C1\C(=O)CNC1=O)Cc1c(F)cccc1F. The maximum atomic E-state index is 13.5. The highest BCUT2D eigenvalue weighted by atomic mass is 19.1. The van der Waals surface area contributed by atoms with E-state index in [4.69, 9.17) is 0 Å². The summed E-state index contributed by atoms with van der Waals surface area (Å²) < 4.78 is 26.9. The van der Waals surface area contributed by atoms with Crippen molar-refractivity contribution in [2.75, 3.05) is 6.54 Å². The fourth-order valence-electron chi connectivity index (χ4n) is 1.75. The van der Waals surface area contributed by atoms with Crippen molar-refractivity contribution >= 4 is 18.1 Å². The number of carbonyl (C=O) groups is 3. The van der Waals surface area contributed by atoms with Gasteiger partial charge >= 0.3 is 0 Å². The van der Waals surface area contributed by atoms with Crippen LogP contribution in [0.25, 0.3) is 0 Å². The van der Waals surface area contributed by atoms with Crippen molar-refractivity contribution in [1.29, 1.82) is 0 Å². The van der Waals surface area contributed by atoms with Crippen molar-refractivity contribution in [1.82, 2.24) is 10.2 Å². The second-order valence-corrected chi connectivity index (χ2v) is 4.13. The number of hydrogen-bond donors (Lipinski definition) is 1. The van der Waals surface area contributed by atoms with E-state index < -0.39 is 29.9 Å². The Labute approximate surface area is 112 Å². The lowest BCUT2D eigenvalue weighted by molar-refractivity contribution is -0.117. The van der Waals surface area contributed by atoms with Gasteiger partial charge in [0, 0.05) is 11.8 Å². The number of amides is 2. The minimum Gasteiger partial charge on any atom is -0.344 e. The first-order valence-electron chi connectivity index (χ1n) is 5.70. The Morgan fingerprint density at radius 2 is 1.90 bits per heavy atom. The minimum atomic E-state index is -0.808. The summed E-state index contributed by atoms with van der Waals surface area (Å²) in [7, 11) is 0. The third-order valence-corrected chi connectivity index (χ3v) is 2.79. The molecule has 1 N–H and O–H groups in total. The van der Waals surface area contributed by atoms with Gasteiger partial charge in [-0.25, -0.2) is 8.78 Å². The van der Waals surface area contributed by atoms with E-state index in [0.717, 1.165) is 23.2 Å². The average Bonchev–Trinajstić information content (AvgIpc) is 2.73. The van der Waals surface area contributed by atoms with E-state index in [-0.39, 0.29) is 24.1 Å². The average molecular weight is 280 g/mol. The quantitative estimate of drug-likeness (QED) is 0.496. The zero-order chi connectivity index (χ0) is 14.7. The molecule has 104 valence electrons. The molecule has 0 radical (unpaired) electrons. The molecule has 1 aliphatic rings. The van der Waals surface area contributed by atoms with Gasteiger partial charge in [0.1, 0.15) is 17.2 Å². The topological polar surface area (TPSA) is 66.5 Å². The summed E-state index contributed by atoms with van der Waals surface area (Å²) in [5.41, 5.74) is -0.531. The highest BCUT2D eigenvalue weighted by Gasteiger charge is 2.26. The molecule has 0 spiro atoms. The molecular formula is C13H10F2N2O3. The Morgan fingerprint density at radius 3 is 2.40 bits per heavy atom. The number of carbonyl (C=O) groups excluding carboxylic acids is 3. The zero-order valence-electron chi connectivity index (χ0n) is 10.2. The molecular weight excluding hydrogens is 270 g/mol. The van der Waals surface area contributed by atoms with E-state index in [0.29, 0.717) is 0 Å². The zero-order valence-corrected chi connectivity index (χ0v) is 10.2. The largest absolute Gasteiger partial charge is 0.344 e. The van der Waals surface area contributed by atoms with Crippen LogP contribution in [0, 0.1) is 11.6 Å². The van der Waals surface area contributed by atoms with Gasteiger partial charge in [-0.1, -0.05) is 6.07 Å². The third-order valence-electron chi connectivity index (χ3n) is 2.79. The van der Waals surface area contributed by atoms with Gasteiger partial charge < -0.3 is 10.2 Å². The normalized spacial score (nSPS) is 16.4. The third kappa shape index (κ3) is 2.71. The number of halogens is 2. The Bertz CT molecular complexity index is 575. The number of hydrogen-bond acceptors (Lipinski definition) is 3. The lowest BCUT2D eigenvalue weighted by Crippen LogP contribution is -2.20. The highest BCUT2D eigenvalue weighted by Crippen LogP contribution is 2.15. The number of benzene rings is 1. The summed E-state index contributed by atoms with van der Waals surface area (Å²) in [6.45, 7) is -0.558. The van der Waals surface area contributed by atoms with E-state index in [1.807, 2.05) is 0 Å². The van der Waals surface area contributed by atoms with Crippen molar-refractivity contribution in [2.24, 2.45) is 0 Å². The molecule has 1 heterocycles. The molecule has 1 saturated heterocycles. The van der Waals surface area contributed by atoms with Crippen molar-refractivity contribution in [2.45, 2.75) is 6.54 Å². The van der Waals surface area contributed by atoms with Gasteiger partial charge in [-0.15, -0.1) is 0 Å². The number of rotatable bonds is 4. The molecule has 2 amide bonds. The van der Waals surface area contributed by atoms with Crippen molar-refractivity contribution in [3.05, 3.63) is 47.2 Å². The number of ketones is 1. The summed E-state index contributed by atoms with van der Waals surface area (Å²) in [6.07, 6.45) is 1.28. The monoisotopic (exact) mass is 280 g/mol. The first kappa shape index (κ1) is 13.9. The molecule has 1 aromatic carbocycles. The summed E-state index contributed by atoms with van der Waals surface area (Å²) in [5, 5.41) is 2.29. The van der Waals surface area contributed by atoms with Crippen molar-refractivity contribution in [3.63, 3.8) is 0 Å². The van der Waals surface area contributed by atoms with Crippen LogP contribution >= 0.6 is 0 Å². The molecule has 1 aliphatic heterocycles. The molecule has 20 heavy (non-hydrogen) atoms. The van der Waals surface area contributed by atoms with Crippen LogP contribution in [0.4, 0.5) is 8.78 Å². The Morgan fingerprint density at radius 1 is 1.25 bits per heavy atom. The lowest BCUT2D eigenvalue weighted by Gasteiger charge is -2.14. The molecule has 1 fully saturated rings. The molecule has 1 aromatic rings. The van der Waals surface area contributed by atoms with E-state index >= 15 is 0 Å². The molecule has 0 aliphatic carbocycles. The predicted octanol–water partition coefficient (Wildman–Crippen LogP) is 0.506. The van der Waals surface area contributed by atoms with Crippen LogP contribution in [0.2, 0.25) is 0 Å². The summed E-state index contributed by atoms with van der Waals surface area (Å²) in [5.74, 6) is -2.71. The molecule has 0 unspecified atom stereocenters. The fraction of sp³-hybridized carbons (Fsp3) is 0.154. The molecule has 2 rings (SSSR count). The molecule has 7 heteroatoms. The van der Waals surface area contributed by atoms with Gasteiger partial charge in [-0.2, -0.15) is 0 Å². The summed E-state index contributed by atoms with van der Waals surface area (Å²) in [6, 6.07) is 3.32. The fourth-order valence-corrected chi connectivity index (χ4v) is 1.75. The van der Waals surface area contributed by atoms with E-state index in [2.05, 4.69) is 5.32 Å². The van der Waals surface area contributed by atoms with Crippen LogP contribution in [0.15, 0.2) is 30.0 Å². The van der Waals surface area contributed by atoms with E-state index in [1.54, 1.807) is 0 Å². The van der Waals surface area contributed by atoms with E-state index in [9.17, 15) is 23.2 Å². The Balaban J connectivity index is 2.26. The van der Waals surface area contributed by atoms with Gasteiger partial charge in [0.2, 0.25) is 6.41 Å². The number of nitrogens with zero attached hydrogens (tertiary/aromatic N) is 1. The number of nitrogens with one attached hydrogen (secondary N) is 1. The predicted molar refractivity (Wildman–Crippen MR) is 64.1 cm³/mol. The van der Waals surface area contributed by atoms with Crippen molar-refractivity contribution < 1.29 is 23.2 Å². The number of Topliss-reactive ketones (excluding diaryl/α,β-unsaturated/α-hetero) is 1. The lowest BCUT2D eigenvalue weighted by atomic mass is 10.1. The Kier molecular flexibility index (Phi) is 3.88. The van der Waals surface area contributed by atoms with Crippen molar-refractivity contribution in [3.8, 4) is 0 Å². The van der Waals surface area contributed by atoms with Gasteiger partial charge in [0.05, 0.1) is 13.1 Å². The van der Waals surface area contributed by atoms with Crippen LogP contribution in [0.3, 0.4) is 0 Å². The van der Waals surface area contributed by atoms with Crippen LogP contribution in [0.5, 0.6) is 0 Å². The standard InChI is InChI=1S/C13H10F2N2O3/c14-10-2-1-3-11(15)8(10)5-17(7-18)6-9-12(19)4-16-13(9)20/h1-3,6-7H,4-5H2,(H,16,20)/b9-6+. The van der Waals surface area contributed by atoms with Crippen LogP contribution < -0.4 is 5.32 Å². The molecule has 5 nitrogen and oxygen atoms in total. The summed E-state index contributed by atoms with van der Waals surface area (Å²) in [4.78, 5) is 34.5. The Hall–Kier alpha value is -2.57. The maximum Gasteiger partial charge on any atom is 0.256 e. The van der Waals surface area contributed by atoms with Gasteiger partial charge in [0.15, 0.2) is 5.78 Å². The first-order valence-corrected chi connectivity index (χ1v) is 5.70. The molecule has 0 aromatic heterocycles. The van der Waals surface area contributed by atoms with Crippen LogP contribution in [-0.4, -0.2) is 29.5 Å². The van der Waals surface area contributed by atoms with Gasteiger partial charge in [-0.05, 0) is 12.1 Å². The smallest absolute Gasteiger partial charge is 0.256 e. The molecule has 0 atom stereocenters. The molecule has 0 saturated carbocycles. The minimum absolute atomic E-state index is 0.147. The first-order chi connectivity index (χ1) is 9.52. The summed E-state index contributed by atoms with van der Waals surface area (Å²) >= 11 is 0. The van der Waals surface area contributed by atoms with Crippen LogP contribution in [0.1, 0.15) is 5.56 Å². The maximum absolute atomic E-state index is 13.5. The van der Waals surface area contributed by atoms with Crippen LogP contribution in [-0.2, 0) is 20.9 Å². The van der Waals surface area contributed by atoms with Gasteiger partial charge in [-0.3, -0.25) is 14.4 Å². The second kappa shape index (κ2) is 5.60. The second-order valence-electron chi connectivity index (χ2n) is 4.13.